The fourth-order valence-electron chi connectivity index (χ4n) is 1.90. The molecule has 2 amide bonds. The number of anilines is 1. The SMILES string of the molecule is CC[C@](C)(O)CNC(=O)Nc1cccc2ccccc12. The quantitative estimate of drug-likeness (QED) is 0.800. The van der Waals surface area contributed by atoms with E-state index in [4.69, 9.17) is 0 Å². The molecule has 0 bridgehead atoms. The zero-order valence-corrected chi connectivity index (χ0v) is 11.8. The molecular weight excluding hydrogens is 252 g/mol. The molecule has 0 aromatic heterocycles. The highest BCUT2D eigenvalue weighted by Gasteiger charge is 2.18. The van der Waals surface area contributed by atoms with Crippen LogP contribution in [0.15, 0.2) is 42.5 Å². The summed E-state index contributed by atoms with van der Waals surface area (Å²) in [6, 6.07) is 13.3. The third-order valence-corrected chi connectivity index (χ3v) is 3.43. The van der Waals surface area contributed by atoms with E-state index in [1.165, 1.54) is 0 Å². The second kappa shape index (κ2) is 5.92. The van der Waals surface area contributed by atoms with Crippen LogP contribution in [-0.4, -0.2) is 23.3 Å². The zero-order chi connectivity index (χ0) is 14.6. The molecule has 2 aromatic carbocycles. The van der Waals surface area contributed by atoms with Crippen molar-refractivity contribution < 1.29 is 9.90 Å². The summed E-state index contributed by atoms with van der Waals surface area (Å²) in [5.41, 5.74) is -0.118. The molecule has 4 heteroatoms. The van der Waals surface area contributed by atoms with Crippen molar-refractivity contribution in [2.24, 2.45) is 0 Å². The summed E-state index contributed by atoms with van der Waals surface area (Å²) in [6.07, 6.45) is 0.585. The van der Waals surface area contributed by atoms with E-state index in [1.807, 2.05) is 49.4 Å². The van der Waals surface area contributed by atoms with Crippen LogP contribution in [0.1, 0.15) is 20.3 Å². The number of hydrogen-bond donors (Lipinski definition) is 3. The van der Waals surface area contributed by atoms with Crippen LogP contribution in [0.2, 0.25) is 0 Å². The van der Waals surface area contributed by atoms with Gasteiger partial charge in [0.15, 0.2) is 0 Å². The fraction of sp³-hybridized carbons (Fsp3) is 0.312. The number of carbonyl (C=O) groups is 1. The smallest absolute Gasteiger partial charge is 0.319 e. The third kappa shape index (κ3) is 3.48. The molecule has 20 heavy (non-hydrogen) atoms. The van der Waals surface area contributed by atoms with E-state index in [0.29, 0.717) is 6.42 Å². The van der Waals surface area contributed by atoms with Crippen LogP contribution in [0, 0.1) is 0 Å². The predicted molar refractivity (Wildman–Crippen MR) is 81.9 cm³/mol. The van der Waals surface area contributed by atoms with Gasteiger partial charge in [0.25, 0.3) is 0 Å². The normalized spacial score (nSPS) is 13.8. The highest BCUT2D eigenvalue weighted by molar-refractivity contribution is 6.01. The van der Waals surface area contributed by atoms with Gasteiger partial charge in [0, 0.05) is 11.9 Å². The van der Waals surface area contributed by atoms with Crippen LogP contribution < -0.4 is 10.6 Å². The van der Waals surface area contributed by atoms with Crippen molar-refractivity contribution in [1.82, 2.24) is 5.32 Å². The van der Waals surface area contributed by atoms with Gasteiger partial charge in [0.05, 0.1) is 11.3 Å². The molecule has 0 radical (unpaired) electrons. The topological polar surface area (TPSA) is 61.4 Å². The van der Waals surface area contributed by atoms with Crippen LogP contribution in [0.5, 0.6) is 0 Å². The third-order valence-electron chi connectivity index (χ3n) is 3.43. The van der Waals surface area contributed by atoms with Crippen LogP contribution in [0.4, 0.5) is 10.5 Å². The lowest BCUT2D eigenvalue weighted by Crippen LogP contribution is -2.41. The summed E-state index contributed by atoms with van der Waals surface area (Å²) >= 11 is 0. The maximum Gasteiger partial charge on any atom is 0.319 e. The highest BCUT2D eigenvalue weighted by Crippen LogP contribution is 2.22. The highest BCUT2D eigenvalue weighted by atomic mass is 16.3. The number of carbonyl (C=O) groups excluding carboxylic acids is 1. The number of aliphatic hydroxyl groups is 1. The standard InChI is InChI=1S/C16H20N2O2/c1-3-16(2,20)11-17-15(19)18-14-10-6-8-12-7-4-5-9-13(12)14/h4-10,20H,3,11H2,1-2H3,(H2,17,18,19)/t16-/m0/s1. The van der Waals surface area contributed by atoms with Gasteiger partial charge in [-0.05, 0) is 24.8 Å². The van der Waals surface area contributed by atoms with Gasteiger partial charge in [-0.2, -0.15) is 0 Å². The average molecular weight is 272 g/mol. The lowest BCUT2D eigenvalue weighted by molar-refractivity contribution is 0.0587. The first-order chi connectivity index (χ1) is 9.52. The molecule has 1 atom stereocenters. The minimum atomic E-state index is -0.879. The van der Waals surface area contributed by atoms with Crippen LogP contribution in [-0.2, 0) is 0 Å². The first kappa shape index (κ1) is 14.3. The van der Waals surface area contributed by atoms with E-state index in [2.05, 4.69) is 10.6 Å². The number of fused-ring (bicyclic) bond motifs is 1. The van der Waals surface area contributed by atoms with Crippen LogP contribution in [0.3, 0.4) is 0 Å². The van der Waals surface area contributed by atoms with E-state index in [-0.39, 0.29) is 12.6 Å². The molecule has 106 valence electrons. The van der Waals surface area contributed by atoms with Crippen molar-refractivity contribution in [3.8, 4) is 0 Å². The second-order valence-electron chi connectivity index (χ2n) is 5.18. The Kier molecular flexibility index (Phi) is 4.25. The Morgan fingerprint density at radius 1 is 1.20 bits per heavy atom. The number of hydrogen-bond acceptors (Lipinski definition) is 2. The Hall–Kier alpha value is -2.07. The number of benzene rings is 2. The first-order valence-corrected chi connectivity index (χ1v) is 6.77. The Morgan fingerprint density at radius 2 is 1.90 bits per heavy atom. The summed E-state index contributed by atoms with van der Waals surface area (Å²) in [5, 5.41) is 17.4. The molecule has 0 unspecified atom stereocenters. The van der Waals surface area contributed by atoms with E-state index in [0.717, 1.165) is 16.5 Å². The maximum atomic E-state index is 11.9. The summed E-state index contributed by atoms with van der Waals surface area (Å²) in [4.78, 5) is 11.9. The lowest BCUT2D eigenvalue weighted by atomic mass is 10.0. The van der Waals surface area contributed by atoms with Gasteiger partial charge in [-0.1, -0.05) is 43.3 Å². The van der Waals surface area contributed by atoms with Gasteiger partial charge >= 0.3 is 6.03 Å². The van der Waals surface area contributed by atoms with Crippen LogP contribution >= 0.6 is 0 Å². The zero-order valence-electron chi connectivity index (χ0n) is 11.8. The van der Waals surface area contributed by atoms with Crippen LogP contribution in [0.25, 0.3) is 10.8 Å². The van der Waals surface area contributed by atoms with Crippen molar-refractivity contribution in [2.75, 3.05) is 11.9 Å². The number of amides is 2. The van der Waals surface area contributed by atoms with Crippen molar-refractivity contribution in [2.45, 2.75) is 25.9 Å². The lowest BCUT2D eigenvalue weighted by Gasteiger charge is -2.21. The molecule has 0 spiro atoms. The van der Waals surface area contributed by atoms with Gasteiger partial charge in [-0.15, -0.1) is 0 Å². The van der Waals surface area contributed by atoms with Gasteiger partial charge in [-0.25, -0.2) is 4.79 Å². The molecule has 0 heterocycles. The summed E-state index contributed by atoms with van der Waals surface area (Å²) < 4.78 is 0. The Bertz CT molecular complexity index is 603. The largest absolute Gasteiger partial charge is 0.388 e. The van der Waals surface area contributed by atoms with Crippen molar-refractivity contribution >= 4 is 22.5 Å². The molecular formula is C16H20N2O2. The second-order valence-corrected chi connectivity index (χ2v) is 5.18. The number of rotatable bonds is 4. The van der Waals surface area contributed by atoms with E-state index in [1.54, 1.807) is 6.92 Å². The molecule has 0 saturated carbocycles. The number of urea groups is 1. The maximum absolute atomic E-state index is 11.9. The number of nitrogens with one attached hydrogen (secondary N) is 2. The molecule has 2 rings (SSSR count). The molecule has 3 N–H and O–H groups in total. The molecule has 2 aromatic rings. The predicted octanol–water partition coefficient (Wildman–Crippen LogP) is 3.12. The Labute approximate surface area is 118 Å². The van der Waals surface area contributed by atoms with Gasteiger partial charge < -0.3 is 15.7 Å². The van der Waals surface area contributed by atoms with Gasteiger partial charge in [0.1, 0.15) is 0 Å². The van der Waals surface area contributed by atoms with E-state index < -0.39 is 5.60 Å². The molecule has 0 aliphatic rings. The van der Waals surface area contributed by atoms with Gasteiger partial charge in [-0.3, -0.25) is 0 Å². The Balaban J connectivity index is 2.07. The molecule has 0 saturated heterocycles. The molecule has 0 fully saturated rings. The monoisotopic (exact) mass is 272 g/mol. The first-order valence-electron chi connectivity index (χ1n) is 6.77. The van der Waals surface area contributed by atoms with E-state index >= 15 is 0 Å². The van der Waals surface area contributed by atoms with Crippen molar-refractivity contribution in [3.05, 3.63) is 42.5 Å². The molecule has 4 nitrogen and oxygen atoms in total. The summed E-state index contributed by atoms with van der Waals surface area (Å²) in [5.74, 6) is 0. The fourth-order valence-corrected chi connectivity index (χ4v) is 1.90. The van der Waals surface area contributed by atoms with Gasteiger partial charge in [0.2, 0.25) is 0 Å². The molecule has 0 aliphatic heterocycles. The van der Waals surface area contributed by atoms with E-state index in [9.17, 15) is 9.90 Å². The average Bonchev–Trinajstić information content (AvgIpc) is 2.46. The Morgan fingerprint density at radius 3 is 2.65 bits per heavy atom. The van der Waals surface area contributed by atoms with Crippen molar-refractivity contribution in [1.29, 1.82) is 0 Å². The minimum absolute atomic E-state index is 0.222. The molecule has 0 aliphatic carbocycles. The summed E-state index contributed by atoms with van der Waals surface area (Å²) in [6.45, 7) is 3.80. The minimum Gasteiger partial charge on any atom is -0.388 e. The summed E-state index contributed by atoms with van der Waals surface area (Å²) in [7, 11) is 0. The van der Waals surface area contributed by atoms with Crippen molar-refractivity contribution in [3.63, 3.8) is 0 Å².